The molecular formula is C16H19N3O2S. The van der Waals surface area contributed by atoms with Crippen molar-refractivity contribution in [1.82, 2.24) is 9.88 Å². The Balaban J connectivity index is 1.65. The second-order valence-corrected chi connectivity index (χ2v) is 7.15. The van der Waals surface area contributed by atoms with Crippen molar-refractivity contribution >= 4 is 24.0 Å². The van der Waals surface area contributed by atoms with Gasteiger partial charge < -0.3 is 4.74 Å². The smallest absolute Gasteiger partial charge is 0.244 e. The van der Waals surface area contributed by atoms with Gasteiger partial charge in [-0.3, -0.25) is 14.7 Å². The first-order valence-electron chi connectivity index (χ1n) is 7.84. The molecule has 2 atom stereocenters. The summed E-state index contributed by atoms with van der Waals surface area (Å²) in [4.78, 5) is 23.9. The highest BCUT2D eigenvalue weighted by molar-refractivity contribution is 8.01. The van der Waals surface area contributed by atoms with Gasteiger partial charge in [-0.05, 0) is 18.9 Å². The zero-order valence-corrected chi connectivity index (χ0v) is 13.4. The highest BCUT2D eigenvalue weighted by Gasteiger charge is 2.46. The van der Waals surface area contributed by atoms with E-state index in [1.807, 2.05) is 11.0 Å². The molecule has 22 heavy (non-hydrogen) atoms. The molecule has 5 nitrogen and oxygen atoms in total. The number of pyridine rings is 1. The molecule has 116 valence electrons. The van der Waals surface area contributed by atoms with E-state index in [9.17, 15) is 4.79 Å². The van der Waals surface area contributed by atoms with Gasteiger partial charge in [-0.2, -0.15) is 0 Å². The lowest BCUT2D eigenvalue weighted by Crippen LogP contribution is -2.48. The Morgan fingerprint density at radius 3 is 2.91 bits per heavy atom. The Labute approximate surface area is 134 Å². The number of nitrogens with zero attached hydrogens (tertiary/aromatic N) is 3. The number of ether oxygens (including phenoxy) is 1. The van der Waals surface area contributed by atoms with E-state index < -0.39 is 0 Å². The van der Waals surface area contributed by atoms with Crippen molar-refractivity contribution in [3.8, 4) is 5.75 Å². The van der Waals surface area contributed by atoms with Crippen molar-refractivity contribution in [2.24, 2.45) is 4.99 Å². The molecule has 1 aromatic heterocycles. The predicted octanol–water partition coefficient (Wildman–Crippen LogP) is 2.81. The standard InChI is InChI=1S/C16H19N3O2S/c1-21-11-7-8-17-15-12(11)13-14(22-15)16(20)19(9-18-13)10-5-3-2-4-6-10/h7-10,13-14H,2-6H2,1H3. The molecular weight excluding hydrogens is 298 g/mol. The Morgan fingerprint density at radius 2 is 2.14 bits per heavy atom. The fourth-order valence-electron chi connectivity index (χ4n) is 3.64. The second kappa shape index (κ2) is 5.57. The van der Waals surface area contributed by atoms with Crippen LogP contribution in [0.4, 0.5) is 0 Å². The van der Waals surface area contributed by atoms with Gasteiger partial charge in [0.2, 0.25) is 5.91 Å². The molecule has 2 unspecified atom stereocenters. The van der Waals surface area contributed by atoms with E-state index in [-0.39, 0.29) is 17.2 Å². The van der Waals surface area contributed by atoms with Crippen LogP contribution in [0.1, 0.15) is 43.7 Å². The molecule has 0 bridgehead atoms. The molecule has 0 N–H and O–H groups in total. The number of aliphatic imine (C=N–C) groups is 1. The van der Waals surface area contributed by atoms with E-state index in [1.54, 1.807) is 19.6 Å². The first-order valence-corrected chi connectivity index (χ1v) is 8.72. The predicted molar refractivity (Wildman–Crippen MR) is 85.4 cm³/mol. The Kier molecular flexibility index (Phi) is 3.56. The zero-order chi connectivity index (χ0) is 15.1. The lowest BCUT2D eigenvalue weighted by atomic mass is 9.93. The van der Waals surface area contributed by atoms with E-state index in [1.165, 1.54) is 31.0 Å². The minimum atomic E-state index is -0.189. The number of carbonyl (C=O) groups excluding carboxylic acids is 1. The third-order valence-corrected chi connectivity index (χ3v) is 6.03. The summed E-state index contributed by atoms with van der Waals surface area (Å²) in [5.41, 5.74) is 0.966. The first kappa shape index (κ1) is 14.1. The molecule has 6 heteroatoms. The summed E-state index contributed by atoms with van der Waals surface area (Å²) in [5.74, 6) is 0.956. The number of hydrogen-bond acceptors (Lipinski definition) is 5. The molecule has 1 aliphatic carbocycles. The van der Waals surface area contributed by atoms with Gasteiger partial charge in [-0.25, -0.2) is 4.98 Å². The molecule has 1 aromatic rings. The Hall–Kier alpha value is -1.56. The van der Waals surface area contributed by atoms with Crippen LogP contribution in [0.15, 0.2) is 22.3 Å². The quantitative estimate of drug-likeness (QED) is 0.841. The summed E-state index contributed by atoms with van der Waals surface area (Å²) >= 11 is 1.53. The van der Waals surface area contributed by atoms with E-state index in [0.29, 0.717) is 6.04 Å². The third kappa shape index (κ3) is 2.12. The van der Waals surface area contributed by atoms with Gasteiger partial charge in [0.25, 0.3) is 0 Å². The van der Waals surface area contributed by atoms with E-state index >= 15 is 0 Å². The van der Waals surface area contributed by atoms with Crippen LogP contribution in [0, 0.1) is 0 Å². The molecule has 0 radical (unpaired) electrons. The van der Waals surface area contributed by atoms with Gasteiger partial charge >= 0.3 is 0 Å². The first-order chi connectivity index (χ1) is 10.8. The van der Waals surface area contributed by atoms with E-state index in [0.717, 1.165) is 29.2 Å². The summed E-state index contributed by atoms with van der Waals surface area (Å²) in [6.45, 7) is 0. The number of aromatic nitrogens is 1. The van der Waals surface area contributed by atoms with Crippen LogP contribution in [-0.2, 0) is 4.79 Å². The number of rotatable bonds is 2. The summed E-state index contributed by atoms with van der Waals surface area (Å²) in [7, 11) is 1.65. The average molecular weight is 317 g/mol. The topological polar surface area (TPSA) is 54.8 Å². The van der Waals surface area contributed by atoms with E-state index in [4.69, 9.17) is 4.74 Å². The van der Waals surface area contributed by atoms with Crippen LogP contribution in [0.5, 0.6) is 5.75 Å². The number of thioether (sulfide) groups is 1. The molecule has 2 aliphatic heterocycles. The number of amides is 1. The largest absolute Gasteiger partial charge is 0.496 e. The van der Waals surface area contributed by atoms with Gasteiger partial charge in [-0.15, -0.1) is 0 Å². The van der Waals surface area contributed by atoms with Gasteiger partial charge in [0, 0.05) is 12.2 Å². The fraction of sp³-hybridized carbons (Fsp3) is 0.562. The SMILES string of the molecule is COc1ccnc2c1C1N=CN(C3CCCCC3)C(=O)C1S2. The minimum Gasteiger partial charge on any atom is -0.496 e. The highest BCUT2D eigenvalue weighted by atomic mass is 32.2. The van der Waals surface area contributed by atoms with Crippen LogP contribution < -0.4 is 4.74 Å². The number of methoxy groups -OCH3 is 1. The van der Waals surface area contributed by atoms with Crippen LogP contribution in [-0.4, -0.2) is 40.5 Å². The molecule has 4 rings (SSSR count). The van der Waals surface area contributed by atoms with Crippen LogP contribution in [0.25, 0.3) is 0 Å². The van der Waals surface area contributed by atoms with Crippen molar-refractivity contribution in [1.29, 1.82) is 0 Å². The van der Waals surface area contributed by atoms with Crippen molar-refractivity contribution < 1.29 is 9.53 Å². The molecule has 1 amide bonds. The average Bonchev–Trinajstić information content (AvgIpc) is 2.96. The van der Waals surface area contributed by atoms with E-state index in [2.05, 4.69) is 9.98 Å². The summed E-state index contributed by atoms with van der Waals surface area (Å²) in [6, 6.07) is 2.01. The molecule has 0 spiro atoms. The summed E-state index contributed by atoms with van der Waals surface area (Å²) in [6.07, 6.45) is 9.38. The normalized spacial score (nSPS) is 27.7. The maximum absolute atomic E-state index is 12.9. The molecule has 3 aliphatic rings. The van der Waals surface area contributed by atoms with Gasteiger partial charge in [0.05, 0.1) is 19.0 Å². The lowest BCUT2D eigenvalue weighted by Gasteiger charge is -2.36. The second-order valence-electron chi connectivity index (χ2n) is 6.02. The lowest BCUT2D eigenvalue weighted by molar-refractivity contribution is -0.129. The Morgan fingerprint density at radius 1 is 1.32 bits per heavy atom. The fourth-order valence-corrected chi connectivity index (χ4v) is 4.91. The third-order valence-electron chi connectivity index (χ3n) is 4.77. The molecule has 1 saturated carbocycles. The molecule has 3 heterocycles. The van der Waals surface area contributed by atoms with Crippen LogP contribution in [0.3, 0.4) is 0 Å². The van der Waals surface area contributed by atoms with Crippen molar-refractivity contribution in [2.45, 2.75) is 54.5 Å². The summed E-state index contributed by atoms with van der Waals surface area (Å²) in [5, 5.41) is 0.691. The number of carbonyl (C=O) groups is 1. The van der Waals surface area contributed by atoms with Crippen LogP contribution >= 0.6 is 11.8 Å². The van der Waals surface area contributed by atoms with Gasteiger partial charge in [0.1, 0.15) is 22.1 Å². The van der Waals surface area contributed by atoms with Crippen molar-refractivity contribution in [3.05, 3.63) is 17.8 Å². The zero-order valence-electron chi connectivity index (χ0n) is 12.6. The maximum atomic E-state index is 12.9. The highest BCUT2D eigenvalue weighted by Crippen LogP contribution is 2.50. The molecule has 1 fully saturated rings. The molecule has 0 aromatic carbocycles. The van der Waals surface area contributed by atoms with Gasteiger partial charge in [0.15, 0.2) is 0 Å². The molecule has 0 saturated heterocycles. The van der Waals surface area contributed by atoms with Gasteiger partial charge in [-0.1, -0.05) is 31.0 Å². The van der Waals surface area contributed by atoms with Crippen molar-refractivity contribution in [2.75, 3.05) is 7.11 Å². The number of fused-ring (bicyclic) bond motifs is 3. The summed E-state index contributed by atoms with van der Waals surface area (Å²) < 4.78 is 5.43. The minimum absolute atomic E-state index is 0.156. The van der Waals surface area contributed by atoms with Crippen molar-refractivity contribution in [3.63, 3.8) is 0 Å². The maximum Gasteiger partial charge on any atom is 0.244 e. The Bertz CT molecular complexity index is 628. The monoisotopic (exact) mass is 317 g/mol. The number of hydrogen-bond donors (Lipinski definition) is 0. The van der Waals surface area contributed by atoms with Crippen LogP contribution in [0.2, 0.25) is 0 Å².